The third-order valence-corrected chi connectivity index (χ3v) is 4.74. The summed E-state index contributed by atoms with van der Waals surface area (Å²) < 4.78 is 10.9. The highest BCUT2D eigenvalue weighted by Gasteiger charge is 2.33. The van der Waals surface area contributed by atoms with Gasteiger partial charge in [0, 0.05) is 6.92 Å². The van der Waals surface area contributed by atoms with Crippen LogP contribution in [0.15, 0.2) is 12.1 Å². The lowest BCUT2D eigenvalue weighted by Crippen LogP contribution is -2.37. The Balaban J connectivity index is 1.97. The van der Waals surface area contributed by atoms with Gasteiger partial charge in [0.2, 0.25) is 5.75 Å². The predicted molar refractivity (Wildman–Crippen MR) is 92.3 cm³/mol. The molecule has 0 unspecified atom stereocenters. The van der Waals surface area contributed by atoms with Crippen LogP contribution in [-0.4, -0.2) is 28.6 Å². The number of carbonyl (C=O) groups excluding carboxylic acids is 1. The number of aromatic nitrogens is 1. The summed E-state index contributed by atoms with van der Waals surface area (Å²) in [6.07, 6.45) is 2.92. The molecule has 0 bridgehead atoms. The maximum absolute atomic E-state index is 12.2. The van der Waals surface area contributed by atoms with Gasteiger partial charge in [-0.3, -0.25) is 0 Å². The number of nitrogens with zero attached hydrogens (tertiary/aromatic N) is 2. The SMILES string of the molecule is Cc1ccc(OCC(=O)O[C@H]2C[C@@H](C)CC[C@@H]2C(C)C)c([N+](=O)[O-])n1. The molecule has 2 rings (SSSR count). The summed E-state index contributed by atoms with van der Waals surface area (Å²) in [6.45, 7) is 7.73. The molecule has 1 heterocycles. The Bertz CT molecular complexity index is 632. The third kappa shape index (κ3) is 5.14. The van der Waals surface area contributed by atoms with Crippen molar-refractivity contribution in [2.24, 2.45) is 17.8 Å². The summed E-state index contributed by atoms with van der Waals surface area (Å²) in [7, 11) is 0. The average molecular weight is 350 g/mol. The number of carbonyl (C=O) groups is 1. The van der Waals surface area contributed by atoms with Crippen molar-refractivity contribution in [3.8, 4) is 5.75 Å². The van der Waals surface area contributed by atoms with Gasteiger partial charge in [-0.1, -0.05) is 27.2 Å². The van der Waals surface area contributed by atoms with Crippen LogP contribution in [0, 0.1) is 34.8 Å². The minimum absolute atomic E-state index is 0.0232. The molecule has 1 aromatic heterocycles. The number of aryl methyl sites for hydroxylation is 1. The van der Waals surface area contributed by atoms with Gasteiger partial charge in [-0.2, -0.15) is 0 Å². The molecular weight excluding hydrogens is 324 g/mol. The van der Waals surface area contributed by atoms with Gasteiger partial charge in [-0.05, 0) is 52.6 Å². The highest BCUT2D eigenvalue weighted by molar-refractivity contribution is 5.71. The zero-order chi connectivity index (χ0) is 18.6. The first-order valence-corrected chi connectivity index (χ1v) is 8.72. The number of pyridine rings is 1. The number of esters is 1. The van der Waals surface area contributed by atoms with Crippen LogP contribution in [0.3, 0.4) is 0 Å². The molecule has 0 amide bonds. The fourth-order valence-corrected chi connectivity index (χ4v) is 3.36. The van der Waals surface area contributed by atoms with E-state index in [0.29, 0.717) is 23.4 Å². The van der Waals surface area contributed by atoms with Crippen LogP contribution in [0.2, 0.25) is 0 Å². The van der Waals surface area contributed by atoms with E-state index in [-0.39, 0.29) is 24.3 Å². The Hall–Kier alpha value is -2.18. The minimum Gasteiger partial charge on any atom is -0.474 e. The quantitative estimate of drug-likeness (QED) is 0.441. The topological polar surface area (TPSA) is 91.6 Å². The van der Waals surface area contributed by atoms with Crippen LogP contribution in [0.4, 0.5) is 5.82 Å². The van der Waals surface area contributed by atoms with Crippen molar-refractivity contribution >= 4 is 11.8 Å². The largest absolute Gasteiger partial charge is 0.474 e. The van der Waals surface area contributed by atoms with Crippen LogP contribution in [0.25, 0.3) is 0 Å². The second-order valence-electron chi connectivity index (χ2n) is 7.17. The van der Waals surface area contributed by atoms with E-state index in [2.05, 4.69) is 25.8 Å². The number of ether oxygens (including phenoxy) is 2. The molecular formula is C18H26N2O5. The molecule has 1 saturated carbocycles. The van der Waals surface area contributed by atoms with E-state index in [1.807, 2.05) is 0 Å². The van der Waals surface area contributed by atoms with E-state index < -0.39 is 10.9 Å². The van der Waals surface area contributed by atoms with Gasteiger partial charge in [0.25, 0.3) is 0 Å². The van der Waals surface area contributed by atoms with Crippen LogP contribution < -0.4 is 4.74 Å². The van der Waals surface area contributed by atoms with Crippen molar-refractivity contribution in [2.75, 3.05) is 6.61 Å². The van der Waals surface area contributed by atoms with Crippen molar-refractivity contribution in [1.29, 1.82) is 0 Å². The molecule has 0 aromatic carbocycles. The predicted octanol–water partition coefficient (Wildman–Crippen LogP) is 3.68. The standard InChI is InChI=1S/C18H26N2O5/c1-11(2)14-7-5-12(3)9-16(14)25-17(21)10-24-15-8-6-13(4)19-18(15)20(22)23/h6,8,11-12,14,16H,5,7,9-10H2,1-4H3/t12-,14+,16-/m0/s1. The fraction of sp³-hybridized carbons (Fsp3) is 0.667. The molecule has 138 valence electrons. The summed E-state index contributed by atoms with van der Waals surface area (Å²) in [6, 6.07) is 3.05. The second-order valence-corrected chi connectivity index (χ2v) is 7.17. The summed E-state index contributed by atoms with van der Waals surface area (Å²) >= 11 is 0. The molecule has 1 aliphatic carbocycles. The van der Waals surface area contributed by atoms with Gasteiger partial charge in [0.05, 0.1) is 0 Å². The van der Waals surface area contributed by atoms with Crippen LogP contribution in [0.1, 0.15) is 45.7 Å². The van der Waals surface area contributed by atoms with Crippen molar-refractivity contribution in [3.05, 3.63) is 27.9 Å². The Morgan fingerprint density at radius 2 is 2.12 bits per heavy atom. The van der Waals surface area contributed by atoms with Crippen LogP contribution in [0.5, 0.6) is 5.75 Å². The fourth-order valence-electron chi connectivity index (χ4n) is 3.36. The lowest BCUT2D eigenvalue weighted by molar-refractivity contribution is -0.390. The molecule has 1 fully saturated rings. The van der Waals surface area contributed by atoms with Gasteiger partial charge < -0.3 is 19.6 Å². The average Bonchev–Trinajstić information content (AvgIpc) is 2.53. The van der Waals surface area contributed by atoms with Gasteiger partial charge >= 0.3 is 11.8 Å². The molecule has 1 aromatic rings. The van der Waals surface area contributed by atoms with E-state index in [9.17, 15) is 14.9 Å². The molecule has 3 atom stereocenters. The first-order valence-electron chi connectivity index (χ1n) is 8.72. The summed E-state index contributed by atoms with van der Waals surface area (Å²) in [5, 5.41) is 11.0. The Morgan fingerprint density at radius 1 is 1.40 bits per heavy atom. The second kappa shape index (κ2) is 8.27. The van der Waals surface area contributed by atoms with Crippen molar-refractivity contribution in [2.45, 2.75) is 53.1 Å². The summed E-state index contributed by atoms with van der Waals surface area (Å²) in [5.41, 5.74) is 0.512. The molecule has 0 radical (unpaired) electrons. The first-order chi connectivity index (χ1) is 11.8. The normalized spacial score (nSPS) is 23.3. The highest BCUT2D eigenvalue weighted by atomic mass is 16.6. The summed E-state index contributed by atoms with van der Waals surface area (Å²) in [5.74, 6) is 0.393. The zero-order valence-corrected chi connectivity index (χ0v) is 15.2. The van der Waals surface area contributed by atoms with E-state index in [0.717, 1.165) is 19.3 Å². The molecule has 1 aliphatic rings. The number of nitro groups is 1. The molecule has 0 saturated heterocycles. The Labute approximate surface area is 147 Å². The first kappa shape index (κ1) is 19.1. The van der Waals surface area contributed by atoms with Crippen LogP contribution in [-0.2, 0) is 9.53 Å². The minimum atomic E-state index is -0.620. The summed E-state index contributed by atoms with van der Waals surface area (Å²) in [4.78, 5) is 26.4. The van der Waals surface area contributed by atoms with E-state index in [1.165, 1.54) is 6.07 Å². The van der Waals surface area contributed by atoms with Gasteiger partial charge in [0.15, 0.2) is 6.61 Å². The van der Waals surface area contributed by atoms with E-state index in [4.69, 9.17) is 9.47 Å². The monoisotopic (exact) mass is 350 g/mol. The van der Waals surface area contributed by atoms with E-state index >= 15 is 0 Å². The maximum Gasteiger partial charge on any atom is 0.406 e. The van der Waals surface area contributed by atoms with Gasteiger partial charge in [0.1, 0.15) is 11.8 Å². The van der Waals surface area contributed by atoms with Crippen molar-refractivity contribution < 1.29 is 19.2 Å². The van der Waals surface area contributed by atoms with Crippen LogP contribution >= 0.6 is 0 Å². The number of hydrogen-bond acceptors (Lipinski definition) is 6. The molecule has 7 heteroatoms. The molecule has 0 spiro atoms. The maximum atomic E-state index is 12.2. The van der Waals surface area contributed by atoms with Gasteiger partial charge in [-0.25, -0.2) is 4.79 Å². The zero-order valence-electron chi connectivity index (χ0n) is 15.2. The lowest BCUT2D eigenvalue weighted by atomic mass is 9.75. The number of rotatable bonds is 6. The van der Waals surface area contributed by atoms with E-state index in [1.54, 1.807) is 13.0 Å². The van der Waals surface area contributed by atoms with Crippen molar-refractivity contribution in [3.63, 3.8) is 0 Å². The lowest BCUT2D eigenvalue weighted by Gasteiger charge is -2.36. The molecule has 25 heavy (non-hydrogen) atoms. The molecule has 0 aliphatic heterocycles. The number of hydrogen-bond donors (Lipinski definition) is 0. The van der Waals surface area contributed by atoms with Gasteiger partial charge in [-0.15, -0.1) is 0 Å². The Kier molecular flexibility index (Phi) is 6.33. The smallest absolute Gasteiger partial charge is 0.406 e. The Morgan fingerprint density at radius 3 is 2.76 bits per heavy atom. The molecule has 7 nitrogen and oxygen atoms in total. The third-order valence-electron chi connectivity index (χ3n) is 4.74. The van der Waals surface area contributed by atoms with Crippen molar-refractivity contribution in [1.82, 2.24) is 4.98 Å². The molecule has 0 N–H and O–H groups in total. The highest BCUT2D eigenvalue weighted by Crippen LogP contribution is 2.35.